The second kappa shape index (κ2) is 11.3. The fourth-order valence-corrected chi connectivity index (χ4v) is 2.37. The van der Waals surface area contributed by atoms with Crippen molar-refractivity contribution >= 4 is 5.97 Å². The van der Waals surface area contributed by atoms with E-state index < -0.39 is 0 Å². The lowest BCUT2D eigenvalue weighted by atomic mass is 10.1. The smallest absolute Gasteiger partial charge is 0.0872 e. The Morgan fingerprint density at radius 1 is 0.842 bits per heavy atom. The summed E-state index contributed by atoms with van der Waals surface area (Å²) >= 11 is 0. The zero-order valence-corrected chi connectivity index (χ0v) is 13.5. The van der Waals surface area contributed by atoms with Crippen LogP contribution in [0.2, 0.25) is 0 Å². The van der Waals surface area contributed by atoms with E-state index in [0.717, 1.165) is 13.0 Å². The van der Waals surface area contributed by atoms with Crippen molar-refractivity contribution in [1.29, 1.82) is 0 Å². The molecule has 0 bridgehead atoms. The quantitative estimate of drug-likeness (QED) is 0.227. The zero-order chi connectivity index (χ0) is 14.6. The van der Waals surface area contributed by atoms with Crippen molar-refractivity contribution in [2.75, 3.05) is 20.6 Å². The van der Waals surface area contributed by atoms with E-state index in [1.165, 1.54) is 64.7 Å². The number of hydroxylamine groups is 3. The molecule has 0 fully saturated rings. The van der Waals surface area contributed by atoms with Gasteiger partial charge in [-0.2, -0.15) is 0 Å². The summed E-state index contributed by atoms with van der Waals surface area (Å²) in [5.74, 6) is -0.197. The summed E-state index contributed by atoms with van der Waals surface area (Å²) in [5, 5.41) is 0. The van der Waals surface area contributed by atoms with Crippen LogP contribution in [-0.4, -0.2) is 31.3 Å². The number of unbranched alkanes of at least 4 members (excludes halogenated alkanes) is 9. The standard InChI is InChI=1S/C16H34NO2/c1-5-6-7-8-9-10-11-12-13-14-15-17(3,4)19-16(2)18/h5-15H2,1-4H3/q+2. The van der Waals surface area contributed by atoms with Crippen molar-refractivity contribution < 1.29 is 14.3 Å². The van der Waals surface area contributed by atoms with E-state index >= 15 is 0 Å². The van der Waals surface area contributed by atoms with Crippen LogP contribution in [0.5, 0.6) is 0 Å². The number of quaternary nitrogens is 1. The Hall–Kier alpha value is -0.570. The highest BCUT2D eigenvalue weighted by Crippen LogP contribution is 2.11. The van der Waals surface area contributed by atoms with E-state index in [1.807, 2.05) is 14.1 Å². The second-order valence-electron chi connectivity index (χ2n) is 6.06. The minimum absolute atomic E-state index is 0.197. The first kappa shape index (κ1) is 18.4. The number of nitrogens with zero attached hydrogens (tertiary/aromatic N) is 1. The van der Waals surface area contributed by atoms with Crippen LogP contribution in [-0.2, 0) is 9.63 Å². The largest absolute Gasteiger partial charge is 0.635 e. The molecule has 0 N–H and O–H groups in total. The molecular weight excluding hydrogens is 238 g/mol. The van der Waals surface area contributed by atoms with Crippen molar-refractivity contribution in [2.45, 2.75) is 78.1 Å². The molecule has 3 heteroatoms. The monoisotopic (exact) mass is 272 g/mol. The Morgan fingerprint density at radius 3 is 1.68 bits per heavy atom. The van der Waals surface area contributed by atoms with Crippen LogP contribution in [0.4, 0.5) is 0 Å². The van der Waals surface area contributed by atoms with Crippen LogP contribution in [0, 0.1) is 0 Å². The SMILES string of the molecule is CCCCCCCCCCCC[N+](C)(C)OC(C)=[O+]. The molecule has 1 radical (unpaired) electrons. The highest BCUT2D eigenvalue weighted by atomic mass is 16.7. The maximum absolute atomic E-state index is 10.9. The normalized spacial score (nSPS) is 11.6. The van der Waals surface area contributed by atoms with Crippen LogP contribution in [0.25, 0.3) is 0 Å². The molecule has 0 heterocycles. The highest BCUT2D eigenvalue weighted by molar-refractivity contribution is 5.65. The average molecular weight is 272 g/mol. The van der Waals surface area contributed by atoms with E-state index in [-0.39, 0.29) is 5.97 Å². The van der Waals surface area contributed by atoms with Gasteiger partial charge in [0.25, 0.3) is 0 Å². The van der Waals surface area contributed by atoms with Gasteiger partial charge in [0.2, 0.25) is 0 Å². The van der Waals surface area contributed by atoms with E-state index in [4.69, 9.17) is 4.84 Å². The molecule has 0 aromatic rings. The van der Waals surface area contributed by atoms with Crippen molar-refractivity contribution in [3.8, 4) is 0 Å². The maximum Gasteiger partial charge on any atom is 0.635 e. The molecule has 0 unspecified atom stereocenters. The molecule has 0 saturated heterocycles. The Kier molecular flexibility index (Phi) is 10.9. The molecule has 0 aliphatic rings. The average Bonchev–Trinajstić information content (AvgIpc) is 2.30. The summed E-state index contributed by atoms with van der Waals surface area (Å²) in [4.78, 5) is 16.1. The predicted molar refractivity (Wildman–Crippen MR) is 80.6 cm³/mol. The molecule has 0 rings (SSSR count). The Morgan fingerprint density at radius 2 is 1.26 bits per heavy atom. The van der Waals surface area contributed by atoms with Gasteiger partial charge >= 0.3 is 5.97 Å². The summed E-state index contributed by atoms with van der Waals surface area (Å²) in [7, 11) is 3.88. The molecule has 0 aliphatic carbocycles. The Balaban J connectivity index is 3.28. The Labute approximate surface area is 119 Å². The van der Waals surface area contributed by atoms with Gasteiger partial charge in [0, 0.05) is 6.42 Å². The third-order valence-corrected chi connectivity index (χ3v) is 3.43. The minimum Gasteiger partial charge on any atom is -0.0872 e. The van der Waals surface area contributed by atoms with Gasteiger partial charge in [0.1, 0.15) is 27.6 Å². The molecule has 3 nitrogen and oxygen atoms in total. The van der Waals surface area contributed by atoms with Gasteiger partial charge in [-0.1, -0.05) is 67.8 Å². The molecule has 0 amide bonds. The third kappa shape index (κ3) is 13.7. The molecular formula is C16H34NO2+2. The molecule has 0 aromatic heterocycles. The van der Waals surface area contributed by atoms with Gasteiger partial charge in [0.15, 0.2) is 0 Å². The molecule has 113 valence electrons. The molecule has 0 atom stereocenters. The predicted octanol–water partition coefficient (Wildman–Crippen LogP) is 4.46. The van der Waals surface area contributed by atoms with Crippen LogP contribution < -0.4 is 0 Å². The number of carbonyl (C=O) groups excluding carboxylic acids is 1. The van der Waals surface area contributed by atoms with Crippen LogP contribution in [0.3, 0.4) is 0 Å². The minimum atomic E-state index is -0.197. The second-order valence-corrected chi connectivity index (χ2v) is 6.06. The lowest BCUT2D eigenvalue weighted by Gasteiger charge is -2.17. The topological polar surface area (TPSA) is 29.1 Å². The maximum atomic E-state index is 10.9. The van der Waals surface area contributed by atoms with Crippen LogP contribution in [0.15, 0.2) is 0 Å². The summed E-state index contributed by atoms with van der Waals surface area (Å²) < 4.78 is 0.354. The number of carbonyl (C=O) groups is 1. The van der Waals surface area contributed by atoms with Crippen LogP contribution in [0.1, 0.15) is 78.1 Å². The summed E-state index contributed by atoms with van der Waals surface area (Å²) in [6, 6.07) is 0. The third-order valence-electron chi connectivity index (χ3n) is 3.43. The Bertz CT molecular complexity index is 227. The fourth-order valence-electron chi connectivity index (χ4n) is 2.37. The van der Waals surface area contributed by atoms with Gasteiger partial charge in [-0.3, -0.25) is 0 Å². The van der Waals surface area contributed by atoms with Crippen molar-refractivity contribution in [3.63, 3.8) is 0 Å². The number of hydrogen-bond donors (Lipinski definition) is 0. The lowest BCUT2D eigenvalue weighted by Crippen LogP contribution is -2.41. The molecule has 0 saturated carbocycles. The number of hydrogen-bond acceptors (Lipinski definition) is 2. The van der Waals surface area contributed by atoms with Crippen molar-refractivity contribution in [2.24, 2.45) is 0 Å². The summed E-state index contributed by atoms with van der Waals surface area (Å²) in [6.45, 7) is 4.64. The van der Waals surface area contributed by atoms with Gasteiger partial charge in [-0.15, -0.1) is 0 Å². The van der Waals surface area contributed by atoms with Crippen molar-refractivity contribution in [3.05, 3.63) is 0 Å². The van der Waals surface area contributed by atoms with E-state index in [1.54, 1.807) is 0 Å². The molecule has 0 aliphatic heterocycles. The first-order chi connectivity index (χ1) is 8.98. The summed E-state index contributed by atoms with van der Waals surface area (Å²) in [5.41, 5.74) is 0. The van der Waals surface area contributed by atoms with Crippen LogP contribution >= 0.6 is 0 Å². The first-order valence-electron chi connectivity index (χ1n) is 8.01. The van der Waals surface area contributed by atoms with Gasteiger partial charge in [0.05, 0.1) is 4.79 Å². The van der Waals surface area contributed by atoms with Gasteiger partial charge < -0.3 is 0 Å². The fraction of sp³-hybridized carbons (Fsp3) is 0.938. The number of rotatable bonds is 12. The molecule has 0 spiro atoms. The van der Waals surface area contributed by atoms with E-state index in [2.05, 4.69) is 6.92 Å². The molecule has 19 heavy (non-hydrogen) atoms. The lowest BCUT2D eigenvalue weighted by molar-refractivity contribution is -1.06. The van der Waals surface area contributed by atoms with E-state index in [9.17, 15) is 4.79 Å². The van der Waals surface area contributed by atoms with Gasteiger partial charge in [-0.05, 0) is 6.42 Å². The highest BCUT2D eigenvalue weighted by Gasteiger charge is 2.28. The summed E-state index contributed by atoms with van der Waals surface area (Å²) in [6.07, 6.45) is 13.4. The van der Waals surface area contributed by atoms with Gasteiger partial charge in [-0.25, -0.2) is 0 Å². The molecule has 0 aromatic carbocycles. The first-order valence-corrected chi connectivity index (χ1v) is 8.01. The van der Waals surface area contributed by atoms with E-state index in [0.29, 0.717) is 4.65 Å². The zero-order valence-electron chi connectivity index (χ0n) is 13.5. The van der Waals surface area contributed by atoms with Crippen molar-refractivity contribution in [1.82, 2.24) is 0 Å².